The van der Waals surface area contributed by atoms with Gasteiger partial charge in [-0.3, -0.25) is 4.90 Å². The topological polar surface area (TPSA) is 45.6 Å². The van der Waals surface area contributed by atoms with E-state index in [2.05, 4.69) is 9.88 Å². The Morgan fingerprint density at radius 1 is 1.15 bits per heavy atom. The minimum atomic E-state index is -0.899. The number of halogens is 2. The van der Waals surface area contributed by atoms with E-state index in [0.717, 1.165) is 42.9 Å². The first-order valence-electron chi connectivity index (χ1n) is 8.69. The molecule has 1 saturated carbocycles. The summed E-state index contributed by atoms with van der Waals surface area (Å²) < 4.78 is 32.8. The molecule has 1 unspecified atom stereocenters. The minimum absolute atomic E-state index is 0.0146. The second-order valence-corrected chi connectivity index (χ2v) is 7.91. The van der Waals surface area contributed by atoms with Gasteiger partial charge in [0.05, 0.1) is 23.2 Å². The number of hydrogen-bond acceptors (Lipinski definition) is 5. The first-order chi connectivity index (χ1) is 12.6. The molecule has 2 aromatic rings. The van der Waals surface area contributed by atoms with Gasteiger partial charge in [-0.2, -0.15) is 4.39 Å². The van der Waals surface area contributed by atoms with E-state index in [4.69, 9.17) is 4.74 Å². The molecule has 3 atom stereocenters. The molecule has 138 valence electrons. The fraction of sp³-hybridized carbons (Fsp3) is 0.421. The number of fused-ring (bicyclic) bond motifs is 1. The van der Waals surface area contributed by atoms with E-state index in [1.165, 1.54) is 18.3 Å². The highest BCUT2D eigenvalue weighted by molar-refractivity contribution is 7.99. The molecule has 1 aliphatic heterocycles. The van der Waals surface area contributed by atoms with Gasteiger partial charge >= 0.3 is 0 Å². The summed E-state index contributed by atoms with van der Waals surface area (Å²) in [5, 5.41) is 10.2. The Hall–Kier alpha value is -1.86. The van der Waals surface area contributed by atoms with Crippen LogP contribution in [0.25, 0.3) is 0 Å². The molecule has 0 amide bonds. The zero-order valence-electron chi connectivity index (χ0n) is 14.1. The number of likely N-dealkylation sites (tertiary alicyclic amines) is 1. The normalized spacial score (nSPS) is 25.4. The summed E-state index contributed by atoms with van der Waals surface area (Å²) in [4.78, 5) is 6.58. The van der Waals surface area contributed by atoms with E-state index in [1.54, 1.807) is 17.8 Å². The Bertz CT molecular complexity index is 761. The summed E-state index contributed by atoms with van der Waals surface area (Å²) in [7, 11) is 0. The molecule has 1 aromatic carbocycles. The molecule has 0 bridgehead atoms. The average Bonchev–Trinajstić information content (AvgIpc) is 3.16. The number of aromatic hydroxyl groups is 1. The summed E-state index contributed by atoms with van der Waals surface area (Å²) in [6.07, 6.45) is 3.15. The highest BCUT2D eigenvalue weighted by atomic mass is 32.2. The number of rotatable bonds is 5. The van der Waals surface area contributed by atoms with Crippen LogP contribution in [0.2, 0.25) is 0 Å². The molecule has 4 rings (SSSR count). The lowest BCUT2D eigenvalue weighted by Gasteiger charge is -2.19. The summed E-state index contributed by atoms with van der Waals surface area (Å²) in [6.45, 7) is 1.97. The number of thioether (sulfide) groups is 1. The lowest BCUT2D eigenvalue weighted by Crippen LogP contribution is -2.24. The lowest BCUT2D eigenvalue weighted by atomic mass is 10.0. The van der Waals surface area contributed by atoms with Crippen LogP contribution in [-0.2, 0) is 0 Å². The lowest BCUT2D eigenvalue weighted by molar-refractivity contribution is 0.180. The fourth-order valence-corrected chi connectivity index (χ4v) is 4.73. The molecule has 2 fully saturated rings. The van der Waals surface area contributed by atoms with Crippen LogP contribution in [0.15, 0.2) is 41.6 Å². The molecule has 26 heavy (non-hydrogen) atoms. The van der Waals surface area contributed by atoms with Crippen LogP contribution in [0, 0.1) is 23.5 Å². The predicted octanol–water partition coefficient (Wildman–Crippen LogP) is 3.90. The van der Waals surface area contributed by atoms with Crippen LogP contribution >= 0.6 is 11.8 Å². The first-order valence-corrected chi connectivity index (χ1v) is 9.68. The van der Waals surface area contributed by atoms with Crippen molar-refractivity contribution in [2.75, 3.05) is 19.0 Å². The highest BCUT2D eigenvalue weighted by Gasteiger charge is 2.41. The maximum Gasteiger partial charge on any atom is 0.200 e. The van der Waals surface area contributed by atoms with Crippen LogP contribution in [0.5, 0.6) is 11.5 Å². The van der Waals surface area contributed by atoms with Crippen molar-refractivity contribution in [1.29, 1.82) is 0 Å². The maximum atomic E-state index is 13.8. The van der Waals surface area contributed by atoms with Crippen LogP contribution < -0.4 is 4.74 Å². The molecular formula is C19H20F2N2O2S. The molecule has 7 heteroatoms. The summed E-state index contributed by atoms with van der Waals surface area (Å²) in [6, 6.07) is 7.51. The maximum absolute atomic E-state index is 13.8. The Morgan fingerprint density at radius 3 is 2.62 bits per heavy atom. The van der Waals surface area contributed by atoms with Crippen molar-refractivity contribution in [2.24, 2.45) is 11.8 Å². The van der Waals surface area contributed by atoms with Gasteiger partial charge < -0.3 is 9.84 Å². The number of nitrogens with zero attached hydrogens (tertiary/aromatic N) is 2. The fourth-order valence-electron chi connectivity index (χ4n) is 3.91. The van der Waals surface area contributed by atoms with Gasteiger partial charge in [0.2, 0.25) is 5.82 Å². The van der Waals surface area contributed by atoms with E-state index in [1.807, 2.05) is 6.07 Å². The zero-order valence-corrected chi connectivity index (χ0v) is 15.0. The molecule has 4 nitrogen and oxygen atoms in total. The van der Waals surface area contributed by atoms with E-state index >= 15 is 0 Å². The van der Waals surface area contributed by atoms with Gasteiger partial charge in [-0.25, -0.2) is 9.37 Å². The van der Waals surface area contributed by atoms with Crippen molar-refractivity contribution in [1.82, 2.24) is 9.88 Å². The van der Waals surface area contributed by atoms with Crippen LogP contribution in [0.1, 0.15) is 12.8 Å². The van der Waals surface area contributed by atoms with Gasteiger partial charge in [0, 0.05) is 13.1 Å². The quantitative estimate of drug-likeness (QED) is 0.800. The minimum Gasteiger partial charge on any atom is -0.506 e. The average molecular weight is 378 g/mol. The highest BCUT2D eigenvalue weighted by Crippen LogP contribution is 2.40. The molecule has 0 spiro atoms. The second-order valence-electron chi connectivity index (χ2n) is 6.95. The van der Waals surface area contributed by atoms with Crippen molar-refractivity contribution in [3.8, 4) is 11.5 Å². The van der Waals surface area contributed by atoms with Gasteiger partial charge in [0.15, 0.2) is 11.6 Å². The van der Waals surface area contributed by atoms with Crippen LogP contribution in [0.4, 0.5) is 8.78 Å². The van der Waals surface area contributed by atoms with Gasteiger partial charge in [0.1, 0.15) is 5.75 Å². The van der Waals surface area contributed by atoms with Crippen molar-refractivity contribution < 1.29 is 18.6 Å². The van der Waals surface area contributed by atoms with E-state index in [-0.39, 0.29) is 17.6 Å². The summed E-state index contributed by atoms with van der Waals surface area (Å²) in [5.74, 6) is 0.340. The van der Waals surface area contributed by atoms with E-state index in [0.29, 0.717) is 11.8 Å². The number of benzene rings is 1. The third-order valence-corrected chi connectivity index (χ3v) is 6.14. The Kier molecular flexibility index (Phi) is 5.00. The number of hydrogen-bond donors (Lipinski definition) is 1. The van der Waals surface area contributed by atoms with Gasteiger partial charge in [-0.05, 0) is 48.9 Å². The molecule has 1 aromatic heterocycles. The molecule has 1 saturated heterocycles. The predicted molar refractivity (Wildman–Crippen MR) is 95.2 cm³/mol. The van der Waals surface area contributed by atoms with Crippen LogP contribution in [-0.4, -0.2) is 40.1 Å². The standard InChI is InChI=1S/C19H20F2N2O2S/c20-16-2-1-3-17(19(16)21)25-15-6-12-9-23(10-13(12)7-15)11-26-18-5-4-14(24)8-22-18/h1-5,8,12-13,15,24H,6-7,9-11H2/t12-,13+,15?. The molecule has 1 N–H and O–H groups in total. The molecule has 2 aliphatic rings. The SMILES string of the molecule is Oc1ccc(SCN2C[C@H]3CC(Oc4cccc(F)c4F)C[C@H]3C2)nc1. The molecule has 1 aliphatic carbocycles. The summed E-state index contributed by atoms with van der Waals surface area (Å²) in [5.41, 5.74) is 0. The second kappa shape index (κ2) is 7.40. The third kappa shape index (κ3) is 3.78. The van der Waals surface area contributed by atoms with Crippen LogP contribution in [0.3, 0.4) is 0 Å². The molecule has 2 heterocycles. The monoisotopic (exact) mass is 378 g/mol. The van der Waals surface area contributed by atoms with Crippen molar-refractivity contribution >= 4 is 11.8 Å². The first kappa shape index (κ1) is 17.5. The van der Waals surface area contributed by atoms with E-state index < -0.39 is 11.6 Å². The number of ether oxygens (including phenoxy) is 1. The zero-order chi connectivity index (χ0) is 18.1. The smallest absolute Gasteiger partial charge is 0.200 e. The summed E-state index contributed by atoms with van der Waals surface area (Å²) >= 11 is 1.65. The third-order valence-electron chi connectivity index (χ3n) is 5.11. The van der Waals surface area contributed by atoms with Crippen molar-refractivity contribution in [3.63, 3.8) is 0 Å². The van der Waals surface area contributed by atoms with Crippen molar-refractivity contribution in [2.45, 2.75) is 24.0 Å². The van der Waals surface area contributed by atoms with E-state index in [9.17, 15) is 13.9 Å². The van der Waals surface area contributed by atoms with Gasteiger partial charge in [-0.1, -0.05) is 17.8 Å². The molecule has 0 radical (unpaired) electrons. The Balaban J connectivity index is 1.27. The van der Waals surface area contributed by atoms with Gasteiger partial charge in [-0.15, -0.1) is 0 Å². The number of aromatic nitrogens is 1. The van der Waals surface area contributed by atoms with Crippen molar-refractivity contribution in [3.05, 3.63) is 48.2 Å². The largest absolute Gasteiger partial charge is 0.506 e. The Morgan fingerprint density at radius 2 is 1.92 bits per heavy atom. The van der Waals surface area contributed by atoms with Gasteiger partial charge in [0.25, 0.3) is 0 Å². The molecular weight excluding hydrogens is 358 g/mol. The number of pyridine rings is 1. The Labute approximate surface area is 155 Å².